The van der Waals surface area contributed by atoms with Gasteiger partial charge in [-0.15, -0.1) is 11.8 Å². The zero-order valence-corrected chi connectivity index (χ0v) is 20.3. The Balaban J connectivity index is 1.53. The van der Waals surface area contributed by atoms with Crippen LogP contribution < -0.4 is 5.32 Å². The van der Waals surface area contributed by atoms with Crippen LogP contribution in [0.3, 0.4) is 0 Å². The average molecular weight is 471 g/mol. The molecule has 1 atom stereocenters. The molecule has 2 aliphatic rings. The van der Waals surface area contributed by atoms with Gasteiger partial charge in [-0.1, -0.05) is 49.9 Å². The van der Waals surface area contributed by atoms with Crippen LogP contribution in [0.2, 0.25) is 0 Å². The molecule has 2 aliphatic carbocycles. The fourth-order valence-electron chi connectivity index (χ4n) is 5.37. The number of carbonyl (C=O) groups excluding carboxylic acids is 1. The highest BCUT2D eigenvalue weighted by atomic mass is 32.2. The number of ether oxygens (including phenoxy) is 1. The number of hydrogen-bond acceptors (Lipinski definition) is 7. The number of hydrogen-bond donors (Lipinski definition) is 3. The minimum Gasteiger partial charge on any atom is -0.381 e. The third-order valence-corrected chi connectivity index (χ3v) is 9.14. The summed E-state index contributed by atoms with van der Waals surface area (Å²) in [6.45, 7) is 0. The summed E-state index contributed by atoms with van der Waals surface area (Å²) >= 11 is 2.71. The van der Waals surface area contributed by atoms with Gasteiger partial charge in [0.2, 0.25) is 5.91 Å². The molecule has 0 aromatic carbocycles. The van der Waals surface area contributed by atoms with Crippen LogP contribution in [0.1, 0.15) is 77.0 Å². The number of nitrogens with zero attached hydrogens (tertiary/aromatic N) is 1. The van der Waals surface area contributed by atoms with E-state index in [2.05, 4.69) is 10.3 Å². The number of methoxy groups -OCH3 is 1. The van der Waals surface area contributed by atoms with Gasteiger partial charge < -0.3 is 20.3 Å². The third-order valence-electron chi connectivity index (χ3n) is 6.97. The Kier molecular flexibility index (Phi) is 10.6. The molecule has 1 unspecified atom stereocenters. The third kappa shape index (κ3) is 8.31. The maximum Gasteiger partial charge on any atom is 0.226 e. The molecule has 3 rings (SSSR count). The van der Waals surface area contributed by atoms with Gasteiger partial charge in [0.1, 0.15) is 0 Å². The normalized spacial score (nSPS) is 24.1. The summed E-state index contributed by atoms with van der Waals surface area (Å²) in [5.41, 5.74) is 0. The first-order valence-corrected chi connectivity index (χ1v) is 13.6. The van der Waals surface area contributed by atoms with Gasteiger partial charge in [0.15, 0.2) is 11.4 Å². The van der Waals surface area contributed by atoms with Gasteiger partial charge in [0.25, 0.3) is 0 Å². The van der Waals surface area contributed by atoms with Crippen LogP contribution in [0, 0.1) is 17.8 Å². The second kappa shape index (κ2) is 13.1. The van der Waals surface area contributed by atoms with Crippen molar-refractivity contribution in [2.45, 2.75) is 93.7 Å². The van der Waals surface area contributed by atoms with Gasteiger partial charge in [0, 0.05) is 19.3 Å². The van der Waals surface area contributed by atoms with E-state index in [0.717, 1.165) is 35.3 Å². The number of thiazole rings is 1. The monoisotopic (exact) mass is 470 g/mol. The van der Waals surface area contributed by atoms with Gasteiger partial charge >= 0.3 is 0 Å². The van der Waals surface area contributed by atoms with E-state index < -0.39 is 6.29 Å². The summed E-state index contributed by atoms with van der Waals surface area (Å²) in [6.07, 6.45) is 15.0. The lowest BCUT2D eigenvalue weighted by Crippen LogP contribution is -2.30. The van der Waals surface area contributed by atoms with Gasteiger partial charge in [0.05, 0.1) is 16.5 Å². The van der Waals surface area contributed by atoms with E-state index in [9.17, 15) is 4.79 Å². The average Bonchev–Trinajstić information content (AvgIpc) is 3.04. The second-order valence-electron chi connectivity index (χ2n) is 9.05. The maximum atomic E-state index is 12.7. The van der Waals surface area contributed by atoms with E-state index in [1.165, 1.54) is 74.5 Å². The van der Waals surface area contributed by atoms with Crippen LogP contribution in [0.5, 0.6) is 0 Å². The van der Waals surface area contributed by atoms with Crippen molar-refractivity contribution in [3.05, 3.63) is 6.20 Å². The minimum absolute atomic E-state index is 0.0392. The fourth-order valence-corrected chi connectivity index (χ4v) is 7.05. The highest BCUT2D eigenvalue weighted by Crippen LogP contribution is 2.42. The predicted molar refractivity (Wildman–Crippen MR) is 126 cm³/mol. The van der Waals surface area contributed by atoms with Crippen LogP contribution in [0.15, 0.2) is 10.4 Å². The zero-order chi connectivity index (χ0) is 22.1. The van der Waals surface area contributed by atoms with Gasteiger partial charge in [-0.2, -0.15) is 0 Å². The summed E-state index contributed by atoms with van der Waals surface area (Å²) in [4.78, 5) is 16.9. The molecule has 1 amide bonds. The Hall–Kier alpha value is -0.670. The molecule has 1 aromatic rings. The Morgan fingerprint density at radius 2 is 1.84 bits per heavy atom. The SMILES string of the molecule is COC1CCC(C(CCC(=O)Nc2ncc(SCC(O)O)s2)C2CCCCCC2)CC1. The largest absolute Gasteiger partial charge is 0.381 e. The fraction of sp³-hybridized carbons (Fsp3) is 0.826. The number of aliphatic hydroxyl groups is 2. The minimum atomic E-state index is -1.34. The highest BCUT2D eigenvalue weighted by Gasteiger charge is 2.33. The first-order chi connectivity index (χ1) is 15.0. The molecular formula is C23H38N2O4S2. The van der Waals surface area contributed by atoms with E-state index in [1.807, 2.05) is 7.11 Å². The number of nitrogens with one attached hydrogen (secondary N) is 1. The molecule has 176 valence electrons. The first kappa shape index (κ1) is 25.0. The van der Waals surface area contributed by atoms with Crippen molar-refractivity contribution < 1.29 is 19.7 Å². The molecule has 6 nitrogen and oxygen atoms in total. The van der Waals surface area contributed by atoms with Crippen LogP contribution >= 0.6 is 23.1 Å². The van der Waals surface area contributed by atoms with Crippen molar-refractivity contribution in [3.8, 4) is 0 Å². The topological polar surface area (TPSA) is 91.7 Å². The molecule has 3 N–H and O–H groups in total. The van der Waals surface area contributed by atoms with Crippen molar-refractivity contribution >= 4 is 34.1 Å². The smallest absolute Gasteiger partial charge is 0.226 e. The lowest BCUT2D eigenvalue weighted by molar-refractivity contribution is -0.116. The van der Waals surface area contributed by atoms with Crippen molar-refractivity contribution in [2.24, 2.45) is 17.8 Å². The van der Waals surface area contributed by atoms with Crippen molar-refractivity contribution in [1.82, 2.24) is 4.98 Å². The number of aliphatic hydroxyl groups excluding tert-OH is 1. The van der Waals surface area contributed by atoms with E-state index >= 15 is 0 Å². The molecule has 0 saturated heterocycles. The van der Waals surface area contributed by atoms with Crippen LogP contribution in [0.4, 0.5) is 5.13 Å². The molecule has 8 heteroatoms. The molecule has 2 fully saturated rings. The van der Waals surface area contributed by atoms with E-state index in [1.54, 1.807) is 6.20 Å². The lowest BCUT2D eigenvalue weighted by atomic mass is 9.69. The molecule has 0 aliphatic heterocycles. The summed E-state index contributed by atoms with van der Waals surface area (Å²) in [5.74, 6) is 2.35. The van der Waals surface area contributed by atoms with Crippen molar-refractivity contribution in [1.29, 1.82) is 0 Å². The number of aromatic nitrogens is 1. The Bertz CT molecular complexity index is 654. The first-order valence-electron chi connectivity index (χ1n) is 11.8. The van der Waals surface area contributed by atoms with Crippen molar-refractivity contribution in [3.63, 3.8) is 0 Å². The molecule has 0 radical (unpaired) electrons. The molecule has 0 bridgehead atoms. The molecule has 1 heterocycles. The van der Waals surface area contributed by atoms with Gasteiger partial charge in [-0.3, -0.25) is 4.79 Å². The maximum absolute atomic E-state index is 12.7. The molecule has 2 saturated carbocycles. The predicted octanol–water partition coefficient (Wildman–Crippen LogP) is 5.06. The Labute approximate surface area is 194 Å². The van der Waals surface area contributed by atoms with Crippen LogP contribution in [0.25, 0.3) is 0 Å². The summed E-state index contributed by atoms with van der Waals surface area (Å²) in [6, 6.07) is 0. The van der Waals surface area contributed by atoms with Gasteiger partial charge in [-0.25, -0.2) is 4.98 Å². The summed E-state index contributed by atoms with van der Waals surface area (Å²) in [5, 5.41) is 21.5. The van der Waals surface area contributed by atoms with Gasteiger partial charge in [-0.05, 0) is 49.9 Å². The number of carbonyl (C=O) groups is 1. The number of amides is 1. The number of anilines is 1. The lowest BCUT2D eigenvalue weighted by Gasteiger charge is -2.37. The summed E-state index contributed by atoms with van der Waals surface area (Å²) in [7, 11) is 1.83. The van der Waals surface area contributed by atoms with E-state index in [0.29, 0.717) is 23.6 Å². The molecule has 31 heavy (non-hydrogen) atoms. The molecule has 1 aromatic heterocycles. The number of rotatable bonds is 10. The van der Waals surface area contributed by atoms with Crippen LogP contribution in [-0.4, -0.2) is 46.4 Å². The highest BCUT2D eigenvalue weighted by molar-refractivity contribution is 8.01. The zero-order valence-electron chi connectivity index (χ0n) is 18.6. The molecular weight excluding hydrogens is 432 g/mol. The second-order valence-corrected chi connectivity index (χ2v) is 11.4. The van der Waals surface area contributed by atoms with Crippen molar-refractivity contribution in [2.75, 3.05) is 18.2 Å². The van der Waals surface area contributed by atoms with E-state index in [4.69, 9.17) is 14.9 Å². The Morgan fingerprint density at radius 3 is 2.48 bits per heavy atom. The van der Waals surface area contributed by atoms with Crippen LogP contribution in [-0.2, 0) is 9.53 Å². The van der Waals surface area contributed by atoms with E-state index in [-0.39, 0.29) is 11.7 Å². The Morgan fingerprint density at radius 1 is 1.16 bits per heavy atom. The summed E-state index contributed by atoms with van der Waals surface area (Å²) < 4.78 is 6.45. The standard InChI is InChI=1S/C23H38N2O4S2/c1-29-18-10-8-17(9-11-18)19(16-6-4-2-3-5-7-16)12-13-20(26)25-23-24-14-22(31-23)30-15-21(27)28/h14,16-19,21,27-28H,2-13,15H2,1H3,(H,24,25,26). The molecule has 0 spiro atoms. The quantitative estimate of drug-likeness (QED) is 0.252. The number of thioether (sulfide) groups is 1.